The summed E-state index contributed by atoms with van der Waals surface area (Å²) in [5, 5.41) is 34.8. The van der Waals surface area contributed by atoms with Crippen LogP contribution in [0.2, 0.25) is 0 Å². The Hall–Kier alpha value is -1.30. The molecule has 6 atom stereocenters. The van der Waals surface area contributed by atoms with Gasteiger partial charge in [0, 0.05) is 32.6 Å². The van der Waals surface area contributed by atoms with Crippen LogP contribution >= 0.6 is 0 Å². The van der Waals surface area contributed by atoms with Crippen molar-refractivity contribution < 1.29 is 29.6 Å². The summed E-state index contributed by atoms with van der Waals surface area (Å²) in [6.07, 6.45) is -2.47. The van der Waals surface area contributed by atoms with Crippen LogP contribution in [0.4, 0.5) is 0 Å². The quantitative estimate of drug-likeness (QED) is 0.334. The lowest BCUT2D eigenvalue weighted by molar-refractivity contribution is -0.203. The molecule has 0 spiro atoms. The number of piperazine rings is 1. The second kappa shape index (κ2) is 8.80. The number of hydrogen-bond donors (Lipinski definition) is 5. The van der Waals surface area contributed by atoms with E-state index in [1.807, 2.05) is 0 Å². The molecule has 3 saturated heterocycles. The van der Waals surface area contributed by atoms with Crippen LogP contribution in [0.25, 0.3) is 0 Å². The highest BCUT2D eigenvalue weighted by atomic mass is 16.5. The fraction of sp³-hybridized carbons (Fsp3) is 0.882. The molecule has 0 aromatic carbocycles. The van der Waals surface area contributed by atoms with E-state index in [1.165, 1.54) is 13.3 Å². The van der Waals surface area contributed by atoms with Gasteiger partial charge in [0.1, 0.15) is 24.4 Å². The van der Waals surface area contributed by atoms with Gasteiger partial charge in [-0.05, 0) is 19.4 Å². The van der Waals surface area contributed by atoms with Crippen molar-refractivity contribution in [3.05, 3.63) is 0 Å². The summed E-state index contributed by atoms with van der Waals surface area (Å²) in [6, 6.07) is -0.503. The van der Waals surface area contributed by atoms with Crippen molar-refractivity contribution >= 4 is 11.8 Å². The number of aliphatic hydroxyl groups excluding tert-OH is 3. The fourth-order valence-corrected chi connectivity index (χ4v) is 4.24. The number of ether oxygens (including phenoxy) is 1. The average molecular weight is 386 g/mol. The van der Waals surface area contributed by atoms with E-state index in [9.17, 15) is 24.9 Å². The van der Waals surface area contributed by atoms with Gasteiger partial charge in [-0.1, -0.05) is 0 Å². The van der Waals surface area contributed by atoms with Crippen LogP contribution in [-0.4, -0.2) is 113 Å². The Morgan fingerprint density at radius 1 is 1.15 bits per heavy atom. The predicted octanol–water partition coefficient (Wildman–Crippen LogP) is -3.17. The first-order valence-electron chi connectivity index (χ1n) is 9.54. The monoisotopic (exact) mass is 386 g/mol. The molecule has 0 aromatic rings. The van der Waals surface area contributed by atoms with Crippen molar-refractivity contribution in [2.45, 2.75) is 56.4 Å². The van der Waals surface area contributed by atoms with Crippen molar-refractivity contribution in [3.8, 4) is 0 Å². The Morgan fingerprint density at radius 3 is 2.63 bits per heavy atom. The summed E-state index contributed by atoms with van der Waals surface area (Å²) in [7, 11) is 0. The second-order valence-corrected chi connectivity index (χ2v) is 7.62. The highest BCUT2D eigenvalue weighted by molar-refractivity contribution is 5.78. The molecule has 3 aliphatic rings. The molecule has 0 aliphatic carbocycles. The van der Waals surface area contributed by atoms with Crippen molar-refractivity contribution in [2.24, 2.45) is 0 Å². The maximum Gasteiger partial charge on any atom is 0.236 e. The maximum atomic E-state index is 12.5. The minimum Gasteiger partial charge on any atom is -0.394 e. The number of aliphatic hydroxyl groups is 3. The Bertz CT molecular complexity index is 550. The van der Waals surface area contributed by atoms with Crippen LogP contribution < -0.4 is 10.6 Å². The molecule has 3 rings (SSSR count). The predicted molar refractivity (Wildman–Crippen MR) is 94.5 cm³/mol. The van der Waals surface area contributed by atoms with Crippen molar-refractivity contribution in [1.29, 1.82) is 0 Å². The summed E-state index contributed by atoms with van der Waals surface area (Å²) in [6.45, 7) is 4.68. The zero-order valence-electron chi connectivity index (χ0n) is 15.6. The smallest absolute Gasteiger partial charge is 0.236 e. The molecule has 10 nitrogen and oxygen atoms in total. The van der Waals surface area contributed by atoms with Crippen LogP contribution in [0.1, 0.15) is 19.8 Å². The van der Waals surface area contributed by atoms with E-state index in [-0.39, 0.29) is 12.5 Å². The largest absolute Gasteiger partial charge is 0.394 e. The van der Waals surface area contributed by atoms with E-state index >= 15 is 0 Å². The lowest BCUT2D eigenvalue weighted by atomic mass is 9.96. The molecule has 0 radical (unpaired) electrons. The van der Waals surface area contributed by atoms with Gasteiger partial charge in [0.2, 0.25) is 11.8 Å². The molecular formula is C17H30N4O6. The zero-order valence-corrected chi connectivity index (χ0v) is 15.6. The molecule has 3 heterocycles. The first-order chi connectivity index (χ1) is 12.9. The van der Waals surface area contributed by atoms with Gasteiger partial charge in [0.15, 0.2) is 6.23 Å². The number of hydrogen-bond acceptors (Lipinski definition) is 8. The highest BCUT2D eigenvalue weighted by Gasteiger charge is 2.45. The number of nitrogens with one attached hydrogen (secondary N) is 2. The topological polar surface area (TPSA) is 135 Å². The van der Waals surface area contributed by atoms with Crippen LogP contribution in [0, 0.1) is 0 Å². The molecule has 5 N–H and O–H groups in total. The molecule has 27 heavy (non-hydrogen) atoms. The van der Waals surface area contributed by atoms with E-state index in [0.717, 1.165) is 32.6 Å². The molecular weight excluding hydrogens is 356 g/mol. The standard InChI is InChI=1S/C17H30N4O6/c1-10(23)18-14-16(26)15(25)12(9-22)27-17(14)19-13(24)8-20-5-6-21-4-2-3-11(21)7-20/h11-12,14-17,22,25-26H,2-9H2,1H3,(H,18,23)(H,19,24)/t11?,12-,14-,15-,16-,17-/m1/s1. The number of rotatable bonds is 5. The molecule has 2 amide bonds. The highest BCUT2D eigenvalue weighted by Crippen LogP contribution is 2.22. The van der Waals surface area contributed by atoms with Gasteiger partial charge in [-0.25, -0.2) is 0 Å². The number of fused-ring (bicyclic) bond motifs is 1. The van der Waals surface area contributed by atoms with Crippen LogP contribution in [-0.2, 0) is 14.3 Å². The Morgan fingerprint density at radius 2 is 1.93 bits per heavy atom. The number of nitrogens with zero attached hydrogens (tertiary/aromatic N) is 2. The first-order valence-corrected chi connectivity index (χ1v) is 9.54. The maximum absolute atomic E-state index is 12.5. The lowest BCUT2D eigenvalue weighted by Crippen LogP contribution is -2.68. The molecule has 3 aliphatic heterocycles. The van der Waals surface area contributed by atoms with Crippen LogP contribution in [0.15, 0.2) is 0 Å². The molecule has 0 aromatic heterocycles. The van der Waals surface area contributed by atoms with Gasteiger partial charge >= 0.3 is 0 Å². The minimum absolute atomic E-state index is 0.194. The van der Waals surface area contributed by atoms with Crippen LogP contribution in [0.5, 0.6) is 0 Å². The Kier molecular flexibility index (Phi) is 6.66. The molecule has 0 saturated carbocycles. The summed E-state index contributed by atoms with van der Waals surface area (Å²) in [5.41, 5.74) is 0. The Labute approximate surface area is 158 Å². The van der Waals surface area contributed by atoms with Crippen molar-refractivity contribution in [1.82, 2.24) is 20.4 Å². The van der Waals surface area contributed by atoms with E-state index in [2.05, 4.69) is 20.4 Å². The van der Waals surface area contributed by atoms with Crippen LogP contribution in [0.3, 0.4) is 0 Å². The average Bonchev–Trinajstić information content (AvgIpc) is 3.08. The lowest BCUT2D eigenvalue weighted by Gasteiger charge is -2.43. The molecule has 1 unspecified atom stereocenters. The Balaban J connectivity index is 1.58. The zero-order chi connectivity index (χ0) is 19.6. The second-order valence-electron chi connectivity index (χ2n) is 7.62. The van der Waals surface area contributed by atoms with Gasteiger partial charge in [0.05, 0.1) is 13.2 Å². The summed E-state index contributed by atoms with van der Waals surface area (Å²) >= 11 is 0. The summed E-state index contributed by atoms with van der Waals surface area (Å²) < 4.78 is 5.53. The SMILES string of the molecule is CC(=O)N[C@@H]1[C@@H](O)[C@H](O)[C@@H](CO)O[C@H]1NC(=O)CN1CCN2CCCC2C1. The number of carbonyl (C=O) groups excluding carboxylic acids is 2. The fourth-order valence-electron chi connectivity index (χ4n) is 4.24. The molecule has 154 valence electrons. The molecule has 0 bridgehead atoms. The molecule has 3 fully saturated rings. The van der Waals surface area contributed by atoms with Gasteiger partial charge in [-0.3, -0.25) is 19.4 Å². The van der Waals surface area contributed by atoms with E-state index in [0.29, 0.717) is 6.04 Å². The third-order valence-corrected chi connectivity index (χ3v) is 5.64. The third kappa shape index (κ3) is 4.76. The van der Waals surface area contributed by atoms with Gasteiger partial charge in [-0.2, -0.15) is 0 Å². The minimum atomic E-state index is -1.37. The van der Waals surface area contributed by atoms with Crippen molar-refractivity contribution in [3.63, 3.8) is 0 Å². The summed E-state index contributed by atoms with van der Waals surface area (Å²) in [5.74, 6) is -0.712. The van der Waals surface area contributed by atoms with Gasteiger partial charge < -0.3 is 30.7 Å². The van der Waals surface area contributed by atoms with Gasteiger partial charge in [0.25, 0.3) is 0 Å². The van der Waals surface area contributed by atoms with Crippen molar-refractivity contribution in [2.75, 3.05) is 39.3 Å². The van der Waals surface area contributed by atoms with E-state index < -0.39 is 43.1 Å². The molecule has 10 heteroatoms. The number of carbonyl (C=O) groups is 2. The normalized spacial score (nSPS) is 37.6. The summed E-state index contributed by atoms with van der Waals surface area (Å²) in [4.78, 5) is 28.5. The number of amides is 2. The third-order valence-electron chi connectivity index (χ3n) is 5.64. The van der Waals surface area contributed by atoms with E-state index in [1.54, 1.807) is 0 Å². The first kappa shape index (κ1) is 20.4. The van der Waals surface area contributed by atoms with Gasteiger partial charge in [-0.15, -0.1) is 0 Å². The van der Waals surface area contributed by atoms with E-state index in [4.69, 9.17) is 4.74 Å².